The van der Waals surface area contributed by atoms with Gasteiger partial charge >= 0.3 is 5.97 Å². The fourth-order valence-corrected chi connectivity index (χ4v) is 3.10. The predicted molar refractivity (Wildman–Crippen MR) is 91.0 cm³/mol. The van der Waals surface area contributed by atoms with Crippen LogP contribution in [0.2, 0.25) is 0 Å². The predicted octanol–water partition coefficient (Wildman–Crippen LogP) is 3.03. The molecule has 2 amide bonds. The monoisotopic (exact) mass is 340 g/mol. The Kier molecular flexibility index (Phi) is 7.74. The molecule has 7 heteroatoms. The van der Waals surface area contributed by atoms with Crippen LogP contribution in [0, 0.1) is 12.8 Å². The van der Waals surface area contributed by atoms with E-state index in [0.717, 1.165) is 17.7 Å². The molecule has 6 nitrogen and oxygen atoms in total. The average Bonchev–Trinajstić information content (AvgIpc) is 2.85. The second-order valence-electron chi connectivity index (χ2n) is 5.36. The standard InChI is InChI=1S/C16H24N2O4S/c1-4-11(5-2)14(21)18-16-12(9-10(3)23-16)15(22)17-8-6-7-13(19)20/h9,11H,4-8H2,1-3H3,(H,17,22)(H,18,21)(H,19,20). The lowest BCUT2D eigenvalue weighted by atomic mass is 10.0. The summed E-state index contributed by atoms with van der Waals surface area (Å²) in [6, 6.07) is 1.74. The first-order valence-electron chi connectivity index (χ1n) is 7.80. The molecular weight excluding hydrogens is 316 g/mol. The minimum absolute atomic E-state index is 0.0151. The van der Waals surface area contributed by atoms with Gasteiger partial charge < -0.3 is 15.7 Å². The van der Waals surface area contributed by atoms with Crippen molar-refractivity contribution in [3.63, 3.8) is 0 Å². The van der Waals surface area contributed by atoms with E-state index in [-0.39, 0.29) is 24.2 Å². The van der Waals surface area contributed by atoms with Crippen LogP contribution in [0.15, 0.2) is 6.07 Å². The molecular formula is C16H24N2O4S. The maximum atomic E-state index is 12.2. The van der Waals surface area contributed by atoms with Gasteiger partial charge in [-0.15, -0.1) is 11.3 Å². The fraction of sp³-hybridized carbons (Fsp3) is 0.562. The lowest BCUT2D eigenvalue weighted by molar-refractivity contribution is -0.137. The van der Waals surface area contributed by atoms with Gasteiger partial charge in [0.2, 0.25) is 5.91 Å². The normalized spacial score (nSPS) is 10.6. The number of nitrogens with one attached hydrogen (secondary N) is 2. The number of carbonyl (C=O) groups is 3. The molecule has 0 aromatic carbocycles. The SMILES string of the molecule is CCC(CC)C(=O)Nc1sc(C)cc1C(=O)NCCCC(=O)O. The Morgan fingerprint density at radius 2 is 1.91 bits per heavy atom. The van der Waals surface area contributed by atoms with Gasteiger partial charge in [-0.25, -0.2) is 0 Å². The zero-order chi connectivity index (χ0) is 17.4. The summed E-state index contributed by atoms with van der Waals surface area (Å²) in [5.41, 5.74) is 0.433. The maximum absolute atomic E-state index is 12.2. The zero-order valence-electron chi connectivity index (χ0n) is 13.8. The number of hydrogen-bond acceptors (Lipinski definition) is 4. The third kappa shape index (κ3) is 6.02. The second kappa shape index (κ2) is 9.29. The van der Waals surface area contributed by atoms with E-state index >= 15 is 0 Å². The van der Waals surface area contributed by atoms with E-state index in [1.54, 1.807) is 6.07 Å². The molecule has 0 radical (unpaired) electrons. The quantitative estimate of drug-likeness (QED) is 0.602. The molecule has 0 atom stereocenters. The first-order valence-corrected chi connectivity index (χ1v) is 8.61. The lowest BCUT2D eigenvalue weighted by Crippen LogP contribution is -2.27. The number of amides is 2. The third-order valence-electron chi connectivity index (χ3n) is 3.55. The van der Waals surface area contributed by atoms with Gasteiger partial charge in [0.25, 0.3) is 5.91 Å². The van der Waals surface area contributed by atoms with Crippen molar-refractivity contribution >= 4 is 34.1 Å². The molecule has 128 valence electrons. The van der Waals surface area contributed by atoms with Crippen molar-refractivity contribution in [3.05, 3.63) is 16.5 Å². The molecule has 23 heavy (non-hydrogen) atoms. The van der Waals surface area contributed by atoms with Crippen molar-refractivity contribution in [2.24, 2.45) is 5.92 Å². The molecule has 0 aliphatic carbocycles. The summed E-state index contributed by atoms with van der Waals surface area (Å²) in [5, 5.41) is 14.7. The van der Waals surface area contributed by atoms with Crippen LogP contribution < -0.4 is 10.6 Å². The molecule has 0 saturated carbocycles. The van der Waals surface area contributed by atoms with Gasteiger partial charge in [0, 0.05) is 23.8 Å². The Balaban J connectivity index is 2.70. The summed E-state index contributed by atoms with van der Waals surface area (Å²) in [6.45, 7) is 6.09. The molecule has 3 N–H and O–H groups in total. The summed E-state index contributed by atoms with van der Waals surface area (Å²) in [5.74, 6) is -1.32. The number of thiophene rings is 1. The van der Waals surface area contributed by atoms with Crippen molar-refractivity contribution in [1.82, 2.24) is 5.32 Å². The van der Waals surface area contributed by atoms with E-state index in [9.17, 15) is 14.4 Å². The van der Waals surface area contributed by atoms with Gasteiger partial charge in [-0.05, 0) is 32.3 Å². The van der Waals surface area contributed by atoms with E-state index in [1.165, 1.54) is 11.3 Å². The van der Waals surface area contributed by atoms with Crippen LogP contribution in [0.5, 0.6) is 0 Å². The number of carbonyl (C=O) groups excluding carboxylic acids is 2. The van der Waals surface area contributed by atoms with Crippen LogP contribution in [-0.4, -0.2) is 29.4 Å². The van der Waals surface area contributed by atoms with Crippen molar-refractivity contribution in [2.75, 3.05) is 11.9 Å². The van der Waals surface area contributed by atoms with Crippen molar-refractivity contribution in [1.29, 1.82) is 0 Å². The van der Waals surface area contributed by atoms with Gasteiger partial charge in [-0.1, -0.05) is 13.8 Å². The molecule has 1 rings (SSSR count). The van der Waals surface area contributed by atoms with Crippen LogP contribution in [0.1, 0.15) is 54.8 Å². The highest BCUT2D eigenvalue weighted by Gasteiger charge is 2.20. The topological polar surface area (TPSA) is 95.5 Å². The molecule has 0 spiro atoms. The van der Waals surface area contributed by atoms with Crippen LogP contribution in [0.25, 0.3) is 0 Å². The lowest BCUT2D eigenvalue weighted by Gasteiger charge is -2.13. The molecule has 1 aromatic heterocycles. The zero-order valence-corrected chi connectivity index (χ0v) is 14.6. The first-order chi connectivity index (χ1) is 10.9. The Morgan fingerprint density at radius 1 is 1.26 bits per heavy atom. The van der Waals surface area contributed by atoms with Crippen molar-refractivity contribution < 1.29 is 19.5 Å². The van der Waals surface area contributed by atoms with Gasteiger partial charge in [-0.2, -0.15) is 0 Å². The summed E-state index contributed by atoms with van der Waals surface area (Å²) < 4.78 is 0. The Morgan fingerprint density at radius 3 is 2.48 bits per heavy atom. The van der Waals surface area contributed by atoms with Crippen LogP contribution in [0.3, 0.4) is 0 Å². The summed E-state index contributed by atoms with van der Waals surface area (Å²) >= 11 is 1.37. The molecule has 1 heterocycles. The van der Waals surface area contributed by atoms with Crippen LogP contribution in [-0.2, 0) is 9.59 Å². The fourth-order valence-electron chi connectivity index (χ4n) is 2.19. The van der Waals surface area contributed by atoms with Crippen LogP contribution >= 0.6 is 11.3 Å². The molecule has 0 unspecified atom stereocenters. The number of aliphatic carboxylic acids is 1. The molecule has 0 aliphatic rings. The van der Waals surface area contributed by atoms with Gasteiger partial charge in [0.1, 0.15) is 5.00 Å². The van der Waals surface area contributed by atoms with Gasteiger partial charge in [-0.3, -0.25) is 14.4 Å². The Hall–Kier alpha value is -1.89. The Bertz CT molecular complexity index is 564. The van der Waals surface area contributed by atoms with Crippen molar-refractivity contribution in [2.45, 2.75) is 46.5 Å². The maximum Gasteiger partial charge on any atom is 0.303 e. The average molecular weight is 340 g/mol. The van der Waals surface area contributed by atoms with Crippen LogP contribution in [0.4, 0.5) is 5.00 Å². The van der Waals surface area contributed by atoms with E-state index in [4.69, 9.17) is 5.11 Å². The highest BCUT2D eigenvalue weighted by atomic mass is 32.1. The molecule has 1 aromatic rings. The number of hydrogen-bond donors (Lipinski definition) is 3. The number of rotatable bonds is 9. The van der Waals surface area contributed by atoms with E-state index in [0.29, 0.717) is 23.5 Å². The highest BCUT2D eigenvalue weighted by molar-refractivity contribution is 7.16. The number of carboxylic acids is 1. The van der Waals surface area contributed by atoms with E-state index in [1.807, 2.05) is 20.8 Å². The second-order valence-corrected chi connectivity index (χ2v) is 6.61. The molecule has 0 fully saturated rings. The van der Waals surface area contributed by atoms with Crippen molar-refractivity contribution in [3.8, 4) is 0 Å². The largest absolute Gasteiger partial charge is 0.481 e. The summed E-state index contributed by atoms with van der Waals surface area (Å²) in [7, 11) is 0. The summed E-state index contributed by atoms with van der Waals surface area (Å²) in [4.78, 5) is 35.8. The Labute approximate surface area is 140 Å². The molecule has 0 saturated heterocycles. The molecule has 0 bridgehead atoms. The number of aryl methyl sites for hydroxylation is 1. The summed E-state index contributed by atoms with van der Waals surface area (Å²) in [6.07, 6.45) is 1.90. The number of anilines is 1. The minimum Gasteiger partial charge on any atom is -0.481 e. The number of carboxylic acid groups (broad SMARTS) is 1. The molecule has 0 aliphatic heterocycles. The van der Waals surface area contributed by atoms with E-state index in [2.05, 4.69) is 10.6 Å². The highest BCUT2D eigenvalue weighted by Crippen LogP contribution is 2.28. The minimum atomic E-state index is -0.885. The van der Waals surface area contributed by atoms with Gasteiger partial charge in [0.05, 0.1) is 5.56 Å². The van der Waals surface area contributed by atoms with Gasteiger partial charge in [0.15, 0.2) is 0 Å². The third-order valence-corrected chi connectivity index (χ3v) is 4.51. The van der Waals surface area contributed by atoms with E-state index < -0.39 is 5.97 Å². The first kappa shape index (κ1) is 19.2. The smallest absolute Gasteiger partial charge is 0.303 e.